The molecule has 24 heavy (non-hydrogen) atoms. The van der Waals surface area contributed by atoms with E-state index >= 15 is 0 Å². The maximum Gasteiger partial charge on any atom is 0.223 e. The number of aryl methyl sites for hydroxylation is 1. The molecule has 2 saturated carbocycles. The first-order valence-electron chi connectivity index (χ1n) is 9.13. The van der Waals surface area contributed by atoms with E-state index in [2.05, 4.69) is 39.6 Å². The van der Waals surface area contributed by atoms with Gasteiger partial charge in [0, 0.05) is 31.5 Å². The number of hydrogen-bond acceptors (Lipinski definition) is 5. The molecule has 0 radical (unpaired) electrons. The minimum Gasteiger partial charge on any atom is -0.378 e. The average molecular weight is 335 g/mol. The molecule has 1 aromatic heterocycles. The number of guanidine groups is 1. The van der Waals surface area contributed by atoms with Gasteiger partial charge in [-0.05, 0) is 33.1 Å². The van der Waals surface area contributed by atoms with Gasteiger partial charge in [0.2, 0.25) is 5.89 Å². The second kappa shape index (κ2) is 7.51. The zero-order valence-corrected chi connectivity index (χ0v) is 15.0. The fourth-order valence-corrected chi connectivity index (χ4v) is 4.13. The van der Waals surface area contributed by atoms with Gasteiger partial charge in [-0.25, -0.2) is 4.99 Å². The Kier molecular flexibility index (Phi) is 5.38. The lowest BCUT2D eigenvalue weighted by atomic mass is 9.60. The van der Waals surface area contributed by atoms with Gasteiger partial charge in [0.05, 0.1) is 6.10 Å². The van der Waals surface area contributed by atoms with Gasteiger partial charge in [0.15, 0.2) is 11.8 Å². The molecule has 1 aromatic rings. The van der Waals surface area contributed by atoms with Gasteiger partial charge in [-0.2, -0.15) is 4.98 Å². The second-order valence-corrected chi connectivity index (χ2v) is 6.74. The Morgan fingerprint density at radius 1 is 1.38 bits per heavy atom. The van der Waals surface area contributed by atoms with Crippen molar-refractivity contribution in [2.24, 2.45) is 10.4 Å². The Labute approximate surface area is 143 Å². The molecular formula is C17H29N5O2. The molecule has 1 heterocycles. The first-order chi connectivity index (χ1) is 11.7. The number of hydrogen-bond donors (Lipinski definition) is 2. The Balaban J connectivity index is 1.64. The molecule has 7 nitrogen and oxygen atoms in total. The zero-order chi connectivity index (χ0) is 17.0. The predicted molar refractivity (Wildman–Crippen MR) is 91.7 cm³/mol. The Bertz CT molecular complexity index is 565. The highest BCUT2D eigenvalue weighted by atomic mass is 16.5. The lowest BCUT2D eigenvalue weighted by molar-refractivity contribution is -0.125. The van der Waals surface area contributed by atoms with Crippen LogP contribution in [0.4, 0.5) is 0 Å². The van der Waals surface area contributed by atoms with Crippen molar-refractivity contribution in [2.45, 2.75) is 71.6 Å². The fraction of sp³-hybridized carbons (Fsp3) is 0.824. The van der Waals surface area contributed by atoms with Gasteiger partial charge in [0.25, 0.3) is 0 Å². The molecule has 1 spiro atoms. The summed E-state index contributed by atoms with van der Waals surface area (Å²) < 4.78 is 11.0. The number of aromatic nitrogens is 2. The molecule has 2 aliphatic rings. The molecule has 0 amide bonds. The van der Waals surface area contributed by atoms with E-state index in [1.54, 1.807) is 6.92 Å². The first-order valence-corrected chi connectivity index (χ1v) is 9.13. The lowest BCUT2D eigenvalue weighted by Crippen LogP contribution is -2.65. The number of nitrogens with one attached hydrogen (secondary N) is 2. The lowest BCUT2D eigenvalue weighted by Gasteiger charge is -2.54. The summed E-state index contributed by atoms with van der Waals surface area (Å²) in [5.74, 6) is 2.01. The van der Waals surface area contributed by atoms with Crippen molar-refractivity contribution in [3.8, 4) is 0 Å². The third kappa shape index (κ3) is 3.41. The van der Waals surface area contributed by atoms with Gasteiger partial charge in [-0.1, -0.05) is 18.0 Å². The monoisotopic (exact) mass is 335 g/mol. The molecule has 134 valence electrons. The number of rotatable bonds is 6. The summed E-state index contributed by atoms with van der Waals surface area (Å²) in [6.45, 7) is 7.99. The average Bonchev–Trinajstić information content (AvgIpc) is 3.22. The van der Waals surface area contributed by atoms with E-state index in [9.17, 15) is 0 Å². The highest BCUT2D eigenvalue weighted by Gasteiger charge is 2.56. The van der Waals surface area contributed by atoms with Crippen LogP contribution in [0.2, 0.25) is 0 Å². The van der Waals surface area contributed by atoms with E-state index in [1.807, 2.05) is 0 Å². The molecule has 0 aliphatic heterocycles. The quantitative estimate of drug-likeness (QED) is 0.612. The van der Waals surface area contributed by atoms with E-state index in [4.69, 9.17) is 9.26 Å². The highest BCUT2D eigenvalue weighted by molar-refractivity contribution is 5.80. The van der Waals surface area contributed by atoms with Crippen LogP contribution in [-0.2, 0) is 11.3 Å². The van der Waals surface area contributed by atoms with Crippen molar-refractivity contribution in [3.63, 3.8) is 0 Å². The smallest absolute Gasteiger partial charge is 0.223 e. The standard InChI is InChI=1S/C17H29N5O2/c1-4-18-16(19-11-15-20-12(3)24-22-15)21-13-10-14(23-5-2)17(13)8-6-7-9-17/h13-14H,4-11H2,1-3H3,(H2,18,19,21). The number of ether oxygens (including phenoxy) is 1. The summed E-state index contributed by atoms with van der Waals surface area (Å²) in [4.78, 5) is 8.82. The molecular weight excluding hydrogens is 306 g/mol. The molecule has 3 rings (SSSR count). The van der Waals surface area contributed by atoms with Crippen molar-refractivity contribution in [1.29, 1.82) is 0 Å². The summed E-state index contributed by atoms with van der Waals surface area (Å²) in [6.07, 6.45) is 6.55. The molecule has 2 unspecified atom stereocenters. The highest BCUT2D eigenvalue weighted by Crippen LogP contribution is 2.54. The molecule has 7 heteroatoms. The van der Waals surface area contributed by atoms with Gasteiger partial charge < -0.3 is 19.9 Å². The number of nitrogens with zero attached hydrogens (tertiary/aromatic N) is 3. The van der Waals surface area contributed by atoms with Crippen LogP contribution < -0.4 is 10.6 Å². The molecule has 0 aromatic carbocycles. The van der Waals surface area contributed by atoms with Gasteiger partial charge in [0.1, 0.15) is 6.54 Å². The van der Waals surface area contributed by atoms with Crippen molar-refractivity contribution in [1.82, 2.24) is 20.8 Å². The molecule has 0 bridgehead atoms. The van der Waals surface area contributed by atoms with Crippen molar-refractivity contribution >= 4 is 5.96 Å². The second-order valence-electron chi connectivity index (χ2n) is 6.74. The van der Waals surface area contributed by atoms with Crippen LogP contribution >= 0.6 is 0 Å². The summed E-state index contributed by atoms with van der Waals surface area (Å²) in [6, 6.07) is 0.432. The SMILES string of the molecule is CCNC(=NCc1noc(C)n1)NC1CC(OCC)C12CCCC2. The van der Waals surface area contributed by atoms with Crippen LogP contribution in [0.15, 0.2) is 9.52 Å². The van der Waals surface area contributed by atoms with Crippen molar-refractivity contribution in [2.75, 3.05) is 13.2 Å². The summed E-state index contributed by atoms with van der Waals surface area (Å²) in [7, 11) is 0. The Morgan fingerprint density at radius 2 is 2.17 bits per heavy atom. The molecule has 2 fully saturated rings. The largest absolute Gasteiger partial charge is 0.378 e. The Hall–Kier alpha value is -1.63. The Morgan fingerprint density at radius 3 is 2.79 bits per heavy atom. The maximum absolute atomic E-state index is 5.99. The van der Waals surface area contributed by atoms with E-state index in [0.29, 0.717) is 30.4 Å². The van der Waals surface area contributed by atoms with Crippen molar-refractivity contribution in [3.05, 3.63) is 11.7 Å². The van der Waals surface area contributed by atoms with Gasteiger partial charge >= 0.3 is 0 Å². The van der Waals surface area contributed by atoms with E-state index in [1.165, 1.54) is 25.7 Å². The third-order valence-electron chi connectivity index (χ3n) is 5.29. The topological polar surface area (TPSA) is 84.6 Å². The zero-order valence-electron chi connectivity index (χ0n) is 15.0. The van der Waals surface area contributed by atoms with Crippen LogP contribution in [0, 0.1) is 12.3 Å². The minimum atomic E-state index is 0.287. The normalized spacial score (nSPS) is 25.7. The van der Waals surface area contributed by atoms with Crippen LogP contribution in [0.3, 0.4) is 0 Å². The van der Waals surface area contributed by atoms with Crippen LogP contribution in [0.1, 0.15) is 57.7 Å². The minimum absolute atomic E-state index is 0.287. The summed E-state index contributed by atoms with van der Waals surface area (Å²) >= 11 is 0. The van der Waals surface area contributed by atoms with E-state index in [0.717, 1.165) is 25.5 Å². The first kappa shape index (κ1) is 17.2. The van der Waals surface area contributed by atoms with E-state index in [-0.39, 0.29) is 5.41 Å². The third-order valence-corrected chi connectivity index (χ3v) is 5.29. The molecule has 2 N–H and O–H groups in total. The maximum atomic E-state index is 5.99. The van der Waals surface area contributed by atoms with Gasteiger partial charge in [-0.3, -0.25) is 0 Å². The number of aliphatic imine (C=N–C) groups is 1. The van der Waals surface area contributed by atoms with Crippen LogP contribution in [0.5, 0.6) is 0 Å². The van der Waals surface area contributed by atoms with Crippen molar-refractivity contribution < 1.29 is 9.26 Å². The summed E-state index contributed by atoms with van der Waals surface area (Å²) in [5.41, 5.74) is 0.287. The fourth-order valence-electron chi connectivity index (χ4n) is 4.13. The summed E-state index contributed by atoms with van der Waals surface area (Å²) in [5, 5.41) is 10.8. The molecule has 0 saturated heterocycles. The van der Waals surface area contributed by atoms with E-state index < -0.39 is 0 Å². The van der Waals surface area contributed by atoms with Crippen LogP contribution in [0.25, 0.3) is 0 Å². The molecule has 2 aliphatic carbocycles. The predicted octanol–water partition coefficient (Wildman–Crippen LogP) is 2.17. The van der Waals surface area contributed by atoms with Gasteiger partial charge in [-0.15, -0.1) is 0 Å². The molecule has 2 atom stereocenters. The van der Waals surface area contributed by atoms with Crippen LogP contribution in [-0.4, -0.2) is 41.4 Å².